The predicted molar refractivity (Wildman–Crippen MR) is 80.2 cm³/mol. The van der Waals surface area contributed by atoms with Crippen molar-refractivity contribution >= 4 is 12.0 Å². The molecule has 1 aliphatic carbocycles. The number of carboxylic acids is 1. The zero-order valence-electron chi connectivity index (χ0n) is 13.1. The Morgan fingerprint density at radius 3 is 2.76 bits per heavy atom. The van der Waals surface area contributed by atoms with Gasteiger partial charge < -0.3 is 20.5 Å². The Morgan fingerprint density at radius 2 is 2.14 bits per heavy atom. The fraction of sp³-hybridized carbons (Fsp3) is 0.867. The lowest BCUT2D eigenvalue weighted by Gasteiger charge is -2.29. The van der Waals surface area contributed by atoms with Crippen molar-refractivity contribution in [1.29, 1.82) is 0 Å². The molecule has 3 unspecified atom stereocenters. The molecule has 0 radical (unpaired) electrons. The van der Waals surface area contributed by atoms with Crippen LogP contribution >= 0.6 is 0 Å². The molecule has 21 heavy (non-hydrogen) atoms. The van der Waals surface area contributed by atoms with E-state index in [2.05, 4.69) is 17.6 Å². The van der Waals surface area contributed by atoms with Crippen LogP contribution in [0.3, 0.4) is 0 Å². The molecule has 1 aliphatic rings. The molecule has 0 aromatic rings. The highest BCUT2D eigenvalue weighted by atomic mass is 16.5. The van der Waals surface area contributed by atoms with Crippen molar-refractivity contribution in [3.63, 3.8) is 0 Å². The highest BCUT2D eigenvalue weighted by molar-refractivity contribution is 5.82. The number of urea groups is 1. The van der Waals surface area contributed by atoms with Crippen LogP contribution in [0.15, 0.2) is 0 Å². The average Bonchev–Trinajstić information content (AvgIpc) is 2.46. The van der Waals surface area contributed by atoms with E-state index in [1.807, 2.05) is 0 Å². The number of hydrogen-bond acceptors (Lipinski definition) is 3. The van der Waals surface area contributed by atoms with Gasteiger partial charge in [0.15, 0.2) is 0 Å². The number of methoxy groups -OCH3 is 1. The van der Waals surface area contributed by atoms with Crippen molar-refractivity contribution in [3.8, 4) is 0 Å². The minimum Gasteiger partial charge on any atom is -0.480 e. The molecule has 1 fully saturated rings. The van der Waals surface area contributed by atoms with Gasteiger partial charge in [0.05, 0.1) is 0 Å². The molecule has 1 rings (SSSR count). The summed E-state index contributed by atoms with van der Waals surface area (Å²) in [6, 6.07) is -1.07. The summed E-state index contributed by atoms with van der Waals surface area (Å²) < 4.78 is 4.90. The summed E-state index contributed by atoms with van der Waals surface area (Å²) in [7, 11) is 1.57. The van der Waals surface area contributed by atoms with Crippen LogP contribution in [-0.4, -0.2) is 42.9 Å². The fourth-order valence-corrected chi connectivity index (χ4v) is 2.87. The van der Waals surface area contributed by atoms with E-state index in [1.54, 1.807) is 7.11 Å². The first-order valence-electron chi connectivity index (χ1n) is 7.85. The molecule has 0 saturated heterocycles. The zero-order chi connectivity index (χ0) is 15.7. The molecule has 0 spiro atoms. The first-order chi connectivity index (χ1) is 10.1. The van der Waals surface area contributed by atoms with E-state index in [1.165, 1.54) is 6.42 Å². The van der Waals surface area contributed by atoms with Crippen molar-refractivity contribution in [2.75, 3.05) is 13.7 Å². The minimum atomic E-state index is -1.00. The lowest BCUT2D eigenvalue weighted by atomic mass is 9.84. The number of aliphatic carboxylic acids is 1. The molecule has 0 aliphatic heterocycles. The summed E-state index contributed by atoms with van der Waals surface area (Å²) in [6.45, 7) is 2.66. The number of rotatable bonds is 8. The molecule has 2 amide bonds. The maximum Gasteiger partial charge on any atom is 0.326 e. The van der Waals surface area contributed by atoms with Gasteiger partial charge in [-0.3, -0.25) is 0 Å². The van der Waals surface area contributed by atoms with Crippen LogP contribution in [0, 0.1) is 5.92 Å². The van der Waals surface area contributed by atoms with Gasteiger partial charge in [-0.2, -0.15) is 0 Å². The quantitative estimate of drug-likeness (QED) is 0.599. The maximum absolute atomic E-state index is 11.9. The van der Waals surface area contributed by atoms with Crippen LogP contribution < -0.4 is 10.6 Å². The Labute approximate surface area is 126 Å². The van der Waals surface area contributed by atoms with Gasteiger partial charge in [0.1, 0.15) is 6.04 Å². The number of carboxylic acid groups (broad SMARTS) is 1. The molecule has 0 aromatic heterocycles. The molecule has 1 saturated carbocycles. The molecule has 0 heterocycles. The van der Waals surface area contributed by atoms with Crippen LogP contribution in [-0.2, 0) is 9.53 Å². The highest BCUT2D eigenvalue weighted by Gasteiger charge is 2.24. The summed E-state index contributed by atoms with van der Waals surface area (Å²) in [5, 5.41) is 14.6. The molecule has 6 nitrogen and oxygen atoms in total. The first kappa shape index (κ1) is 17.8. The Hall–Kier alpha value is -1.30. The number of hydrogen-bond donors (Lipinski definition) is 3. The van der Waals surface area contributed by atoms with Gasteiger partial charge >= 0.3 is 12.0 Å². The number of carbonyl (C=O) groups excluding carboxylic acids is 1. The molecule has 3 atom stereocenters. The van der Waals surface area contributed by atoms with Crippen molar-refractivity contribution < 1.29 is 19.4 Å². The van der Waals surface area contributed by atoms with Gasteiger partial charge in [-0.25, -0.2) is 9.59 Å². The van der Waals surface area contributed by atoms with Crippen molar-refractivity contribution in [1.82, 2.24) is 10.6 Å². The van der Waals surface area contributed by atoms with Gasteiger partial charge in [-0.15, -0.1) is 0 Å². The molecule has 0 bridgehead atoms. The van der Waals surface area contributed by atoms with Crippen LogP contribution in [0.2, 0.25) is 0 Å². The predicted octanol–water partition coefficient (Wildman–Crippen LogP) is 2.13. The summed E-state index contributed by atoms with van der Waals surface area (Å²) in [5.41, 5.74) is 0. The third kappa shape index (κ3) is 6.80. The lowest BCUT2D eigenvalue weighted by molar-refractivity contribution is -0.139. The van der Waals surface area contributed by atoms with Gasteiger partial charge in [0.2, 0.25) is 0 Å². The van der Waals surface area contributed by atoms with Crippen LogP contribution in [0.1, 0.15) is 51.9 Å². The number of carbonyl (C=O) groups is 2. The second kappa shape index (κ2) is 9.60. The number of ether oxygens (including phenoxy) is 1. The Bertz CT molecular complexity index is 336. The van der Waals surface area contributed by atoms with E-state index in [0.29, 0.717) is 25.4 Å². The molecule has 0 aromatic carbocycles. The minimum absolute atomic E-state index is 0.164. The topological polar surface area (TPSA) is 87.7 Å². The zero-order valence-corrected chi connectivity index (χ0v) is 13.1. The van der Waals surface area contributed by atoms with Crippen molar-refractivity contribution in [3.05, 3.63) is 0 Å². The monoisotopic (exact) mass is 300 g/mol. The van der Waals surface area contributed by atoms with Gasteiger partial charge in [-0.05, 0) is 31.6 Å². The summed E-state index contributed by atoms with van der Waals surface area (Å²) >= 11 is 0. The summed E-state index contributed by atoms with van der Waals surface area (Å²) in [5.74, 6) is -0.336. The number of nitrogens with one attached hydrogen (secondary N) is 2. The summed E-state index contributed by atoms with van der Waals surface area (Å²) in [6.07, 6.45) is 6.43. The van der Waals surface area contributed by atoms with Gasteiger partial charge in [0.25, 0.3) is 0 Å². The Balaban J connectivity index is 2.37. The van der Waals surface area contributed by atoms with Gasteiger partial charge in [-0.1, -0.05) is 26.2 Å². The molecule has 122 valence electrons. The largest absolute Gasteiger partial charge is 0.480 e. The molecular formula is C15H28N2O4. The fourth-order valence-electron chi connectivity index (χ4n) is 2.87. The number of amides is 2. The summed E-state index contributed by atoms with van der Waals surface area (Å²) in [4.78, 5) is 23.1. The molecular weight excluding hydrogens is 272 g/mol. The van der Waals surface area contributed by atoms with E-state index < -0.39 is 12.0 Å². The Morgan fingerprint density at radius 1 is 1.38 bits per heavy atom. The highest BCUT2D eigenvalue weighted by Crippen LogP contribution is 2.26. The molecule has 3 N–H and O–H groups in total. The third-order valence-electron chi connectivity index (χ3n) is 4.14. The van der Waals surface area contributed by atoms with E-state index >= 15 is 0 Å². The standard InChI is InChI=1S/C15H28N2O4/c1-3-11-6-4-7-12(10-11)16-15(20)17-13(14(18)19)8-5-9-21-2/h11-13H,3-10H2,1-2H3,(H,18,19)(H2,16,17,20). The van der Waals surface area contributed by atoms with E-state index in [4.69, 9.17) is 9.84 Å². The van der Waals surface area contributed by atoms with E-state index in [9.17, 15) is 9.59 Å². The Kier molecular flexibility index (Phi) is 8.12. The van der Waals surface area contributed by atoms with E-state index in [-0.39, 0.29) is 12.1 Å². The molecule has 6 heteroatoms. The second-order valence-corrected chi connectivity index (χ2v) is 5.78. The van der Waals surface area contributed by atoms with Crippen molar-refractivity contribution in [2.45, 2.75) is 64.0 Å². The van der Waals surface area contributed by atoms with Gasteiger partial charge in [0, 0.05) is 19.8 Å². The van der Waals surface area contributed by atoms with Crippen LogP contribution in [0.25, 0.3) is 0 Å². The van der Waals surface area contributed by atoms with Crippen molar-refractivity contribution in [2.24, 2.45) is 5.92 Å². The maximum atomic E-state index is 11.9. The SMILES string of the molecule is CCC1CCCC(NC(=O)NC(CCCOC)C(=O)O)C1. The average molecular weight is 300 g/mol. The lowest BCUT2D eigenvalue weighted by Crippen LogP contribution is -2.50. The third-order valence-corrected chi connectivity index (χ3v) is 4.14. The smallest absolute Gasteiger partial charge is 0.326 e. The van der Waals surface area contributed by atoms with E-state index in [0.717, 1.165) is 25.7 Å². The van der Waals surface area contributed by atoms with Crippen LogP contribution in [0.5, 0.6) is 0 Å². The van der Waals surface area contributed by atoms with Crippen LogP contribution in [0.4, 0.5) is 4.79 Å². The first-order valence-corrected chi connectivity index (χ1v) is 7.85. The normalized spacial score (nSPS) is 23.3. The second-order valence-electron chi connectivity index (χ2n) is 5.78.